The Morgan fingerprint density at radius 1 is 1.29 bits per heavy atom. The van der Waals surface area contributed by atoms with Gasteiger partial charge in [-0.3, -0.25) is 10.1 Å². The molecule has 112 valence electrons. The van der Waals surface area contributed by atoms with E-state index >= 15 is 0 Å². The number of hydrogen-bond acceptors (Lipinski definition) is 5. The first-order chi connectivity index (χ1) is 10.1. The van der Waals surface area contributed by atoms with Crippen molar-refractivity contribution in [2.24, 2.45) is 0 Å². The van der Waals surface area contributed by atoms with Crippen molar-refractivity contribution in [2.75, 3.05) is 5.32 Å². The Kier molecular flexibility index (Phi) is 5.27. The molecule has 1 aromatic carbocycles. The van der Waals surface area contributed by atoms with Crippen molar-refractivity contribution in [3.63, 3.8) is 0 Å². The van der Waals surface area contributed by atoms with Crippen LogP contribution in [0.15, 0.2) is 24.3 Å². The molecule has 0 bridgehead atoms. The lowest BCUT2D eigenvalue weighted by molar-refractivity contribution is -0.122. The van der Waals surface area contributed by atoms with Gasteiger partial charge in [0.25, 0.3) is 5.91 Å². The maximum Gasteiger partial charge on any atom is 0.267 e. The number of benzene rings is 1. The van der Waals surface area contributed by atoms with Crippen LogP contribution >= 0.6 is 11.3 Å². The number of ether oxygens (including phenoxy) is 1. The zero-order valence-electron chi connectivity index (χ0n) is 12.4. The zero-order chi connectivity index (χ0) is 15.2. The average Bonchev–Trinajstić information content (AvgIpc) is 2.94. The van der Waals surface area contributed by atoms with Gasteiger partial charge < -0.3 is 4.74 Å². The number of aryl methyl sites for hydroxylation is 2. The van der Waals surface area contributed by atoms with Crippen LogP contribution in [0.4, 0.5) is 5.13 Å². The van der Waals surface area contributed by atoms with E-state index < -0.39 is 6.10 Å². The minimum absolute atomic E-state index is 0.197. The molecule has 21 heavy (non-hydrogen) atoms. The molecule has 0 fully saturated rings. The fourth-order valence-corrected chi connectivity index (χ4v) is 2.42. The summed E-state index contributed by atoms with van der Waals surface area (Å²) in [6.07, 6.45) is 0.853. The highest BCUT2D eigenvalue weighted by Crippen LogP contribution is 2.18. The molecular formula is C15H19N3O2S. The van der Waals surface area contributed by atoms with Crippen LogP contribution in [0.3, 0.4) is 0 Å². The largest absolute Gasteiger partial charge is 0.481 e. The Hall–Kier alpha value is -1.95. The van der Waals surface area contributed by atoms with Crippen LogP contribution in [-0.2, 0) is 11.2 Å². The number of carbonyl (C=O) groups excluding carboxylic acids is 1. The molecule has 0 aliphatic rings. The van der Waals surface area contributed by atoms with Gasteiger partial charge in [0.05, 0.1) is 0 Å². The molecule has 0 saturated heterocycles. The molecule has 0 aliphatic carbocycles. The lowest BCUT2D eigenvalue weighted by Gasteiger charge is -2.16. The fraction of sp³-hybridized carbons (Fsp3) is 0.400. The minimum Gasteiger partial charge on any atom is -0.481 e. The monoisotopic (exact) mass is 305 g/mol. The lowest BCUT2D eigenvalue weighted by Crippen LogP contribution is -2.32. The van der Waals surface area contributed by atoms with Crippen molar-refractivity contribution in [3.8, 4) is 5.75 Å². The Balaban J connectivity index is 1.99. The molecule has 1 unspecified atom stereocenters. The first kappa shape index (κ1) is 15.4. The molecule has 0 saturated carbocycles. The Labute approximate surface area is 128 Å². The van der Waals surface area contributed by atoms with E-state index in [2.05, 4.69) is 15.5 Å². The summed E-state index contributed by atoms with van der Waals surface area (Å²) in [6.45, 7) is 5.92. The fourth-order valence-electron chi connectivity index (χ4n) is 1.74. The lowest BCUT2D eigenvalue weighted by atomic mass is 10.2. The van der Waals surface area contributed by atoms with Gasteiger partial charge in [0, 0.05) is 0 Å². The number of aromatic nitrogens is 2. The normalized spacial score (nSPS) is 12.0. The topological polar surface area (TPSA) is 64.1 Å². The summed E-state index contributed by atoms with van der Waals surface area (Å²) in [4.78, 5) is 12.2. The third kappa shape index (κ3) is 4.26. The third-order valence-electron chi connectivity index (χ3n) is 2.96. The van der Waals surface area contributed by atoms with Crippen LogP contribution < -0.4 is 10.1 Å². The van der Waals surface area contributed by atoms with Gasteiger partial charge in [-0.15, -0.1) is 10.2 Å². The van der Waals surface area contributed by atoms with Crippen LogP contribution in [0.5, 0.6) is 5.75 Å². The molecule has 5 nitrogen and oxygen atoms in total. The van der Waals surface area contributed by atoms with Crippen molar-refractivity contribution in [3.05, 3.63) is 34.8 Å². The molecule has 1 atom stereocenters. The quantitative estimate of drug-likeness (QED) is 0.890. The smallest absolute Gasteiger partial charge is 0.267 e. The van der Waals surface area contributed by atoms with Gasteiger partial charge in [0.15, 0.2) is 6.10 Å². The van der Waals surface area contributed by atoms with E-state index in [9.17, 15) is 4.79 Å². The van der Waals surface area contributed by atoms with E-state index in [0.29, 0.717) is 17.3 Å². The number of carbonyl (C=O) groups is 1. The van der Waals surface area contributed by atoms with Gasteiger partial charge in [-0.25, -0.2) is 0 Å². The predicted molar refractivity (Wildman–Crippen MR) is 83.8 cm³/mol. The van der Waals surface area contributed by atoms with Crippen LogP contribution in [0.1, 0.15) is 30.8 Å². The van der Waals surface area contributed by atoms with Crippen molar-refractivity contribution >= 4 is 22.4 Å². The molecule has 2 aromatic rings. The summed E-state index contributed by atoms with van der Waals surface area (Å²) in [5.41, 5.74) is 1.15. The van der Waals surface area contributed by atoms with E-state index in [0.717, 1.165) is 17.0 Å². The second kappa shape index (κ2) is 7.17. The van der Waals surface area contributed by atoms with Crippen LogP contribution in [0.25, 0.3) is 0 Å². The zero-order valence-corrected chi connectivity index (χ0v) is 13.2. The van der Waals surface area contributed by atoms with Gasteiger partial charge in [-0.1, -0.05) is 42.9 Å². The molecule has 0 spiro atoms. The minimum atomic E-state index is -0.540. The number of amides is 1. The van der Waals surface area contributed by atoms with E-state index in [1.807, 2.05) is 45.0 Å². The van der Waals surface area contributed by atoms with Gasteiger partial charge >= 0.3 is 0 Å². The molecule has 1 heterocycles. The van der Waals surface area contributed by atoms with Gasteiger partial charge in [-0.2, -0.15) is 0 Å². The number of hydrogen-bond donors (Lipinski definition) is 1. The molecule has 0 radical (unpaired) electrons. The molecular weight excluding hydrogens is 286 g/mol. The molecule has 1 amide bonds. The molecule has 6 heteroatoms. The number of anilines is 1. The summed E-state index contributed by atoms with van der Waals surface area (Å²) in [6, 6.07) is 7.65. The van der Waals surface area contributed by atoms with Crippen LogP contribution in [-0.4, -0.2) is 22.2 Å². The molecule has 1 N–H and O–H groups in total. The van der Waals surface area contributed by atoms with Gasteiger partial charge in [-0.05, 0) is 31.9 Å². The molecule has 1 aromatic heterocycles. The highest BCUT2D eigenvalue weighted by atomic mass is 32.1. The second-order valence-electron chi connectivity index (χ2n) is 4.67. The van der Waals surface area contributed by atoms with E-state index in [4.69, 9.17) is 4.74 Å². The van der Waals surface area contributed by atoms with Crippen LogP contribution in [0, 0.1) is 6.92 Å². The van der Waals surface area contributed by atoms with Gasteiger partial charge in [0.2, 0.25) is 5.13 Å². The summed E-state index contributed by atoms with van der Waals surface area (Å²) in [7, 11) is 0. The summed E-state index contributed by atoms with van der Waals surface area (Å²) < 4.78 is 5.73. The number of nitrogens with one attached hydrogen (secondary N) is 1. The maximum absolute atomic E-state index is 12.2. The Morgan fingerprint density at radius 3 is 2.57 bits per heavy atom. The Morgan fingerprint density at radius 2 is 2.00 bits per heavy atom. The van der Waals surface area contributed by atoms with Crippen LogP contribution in [0.2, 0.25) is 0 Å². The average molecular weight is 305 g/mol. The number of rotatable bonds is 6. The van der Waals surface area contributed by atoms with E-state index in [1.165, 1.54) is 11.3 Å². The first-order valence-corrected chi connectivity index (χ1v) is 7.80. The highest BCUT2D eigenvalue weighted by Gasteiger charge is 2.20. The first-order valence-electron chi connectivity index (χ1n) is 6.99. The molecule has 0 aliphatic heterocycles. The second-order valence-corrected chi connectivity index (χ2v) is 5.73. The van der Waals surface area contributed by atoms with E-state index in [-0.39, 0.29) is 5.91 Å². The predicted octanol–water partition coefficient (Wildman–Crippen LogP) is 3.21. The summed E-state index contributed by atoms with van der Waals surface area (Å²) in [5.74, 6) is 0.492. The van der Waals surface area contributed by atoms with Crippen molar-refractivity contribution in [2.45, 2.75) is 39.7 Å². The maximum atomic E-state index is 12.2. The third-order valence-corrected chi connectivity index (χ3v) is 3.94. The Bertz CT molecular complexity index is 595. The summed E-state index contributed by atoms with van der Waals surface area (Å²) >= 11 is 1.39. The number of nitrogens with zero attached hydrogens (tertiary/aromatic N) is 2. The van der Waals surface area contributed by atoms with E-state index in [1.54, 1.807) is 0 Å². The SMILES string of the molecule is CCc1nnc(NC(=O)C(CC)Oc2ccc(C)cc2)s1. The standard InChI is InChI=1S/C15H19N3O2S/c1-4-12(20-11-8-6-10(3)7-9-11)14(19)16-15-18-17-13(5-2)21-15/h6-9,12H,4-5H2,1-3H3,(H,16,18,19). The molecule has 2 rings (SSSR count). The summed E-state index contributed by atoms with van der Waals surface area (Å²) in [5, 5.41) is 12.1. The van der Waals surface area contributed by atoms with Gasteiger partial charge in [0.1, 0.15) is 10.8 Å². The van der Waals surface area contributed by atoms with Crippen molar-refractivity contribution < 1.29 is 9.53 Å². The van der Waals surface area contributed by atoms with Crippen molar-refractivity contribution in [1.29, 1.82) is 0 Å². The van der Waals surface area contributed by atoms with Crippen molar-refractivity contribution in [1.82, 2.24) is 10.2 Å². The highest BCUT2D eigenvalue weighted by molar-refractivity contribution is 7.15.